The molecular formula is C21H20BrN5O3. The zero-order valence-electron chi connectivity index (χ0n) is 16.3. The Morgan fingerprint density at radius 1 is 1.23 bits per heavy atom. The first-order valence-corrected chi connectivity index (χ1v) is 10.4. The molecule has 1 atom stereocenters. The van der Waals surface area contributed by atoms with Crippen LogP contribution in [0.25, 0.3) is 11.4 Å². The number of benzene rings is 1. The molecule has 0 bridgehead atoms. The second-order valence-corrected chi connectivity index (χ2v) is 7.87. The Kier molecular flexibility index (Phi) is 5.89. The quantitative estimate of drug-likeness (QED) is 0.629. The summed E-state index contributed by atoms with van der Waals surface area (Å²) in [5, 5.41) is 3.04. The van der Waals surface area contributed by atoms with E-state index in [0.29, 0.717) is 41.5 Å². The molecule has 3 aromatic rings. The predicted molar refractivity (Wildman–Crippen MR) is 114 cm³/mol. The number of rotatable bonds is 4. The van der Waals surface area contributed by atoms with Crippen LogP contribution in [0.1, 0.15) is 41.5 Å². The van der Waals surface area contributed by atoms with Crippen LogP contribution in [-0.4, -0.2) is 32.5 Å². The summed E-state index contributed by atoms with van der Waals surface area (Å²) in [7, 11) is 1.52. The summed E-state index contributed by atoms with van der Waals surface area (Å²) in [5.41, 5.74) is 1.29. The van der Waals surface area contributed by atoms with E-state index >= 15 is 0 Å². The van der Waals surface area contributed by atoms with E-state index in [1.807, 2.05) is 6.07 Å². The van der Waals surface area contributed by atoms with E-state index in [9.17, 15) is 9.59 Å². The lowest BCUT2D eigenvalue weighted by Crippen LogP contribution is -2.34. The number of nitrogens with zero attached hydrogens (tertiary/aromatic N) is 4. The summed E-state index contributed by atoms with van der Waals surface area (Å²) in [6, 6.07) is 8.03. The molecule has 1 N–H and O–H groups in total. The van der Waals surface area contributed by atoms with Gasteiger partial charge in [-0.05, 0) is 43.5 Å². The minimum Gasteiger partial charge on any atom is -0.496 e. The molecule has 4 rings (SSSR count). The third-order valence-corrected chi connectivity index (χ3v) is 5.52. The number of amides is 1. The summed E-state index contributed by atoms with van der Waals surface area (Å²) >= 11 is 3.40. The highest BCUT2D eigenvalue weighted by molar-refractivity contribution is 9.10. The fourth-order valence-corrected chi connectivity index (χ4v) is 3.93. The number of ether oxygens (including phenoxy) is 1. The third kappa shape index (κ3) is 4.11. The third-order valence-electron chi connectivity index (χ3n) is 5.03. The van der Waals surface area contributed by atoms with Crippen molar-refractivity contribution in [2.24, 2.45) is 0 Å². The fraction of sp³-hybridized carbons (Fsp3) is 0.286. The Morgan fingerprint density at radius 2 is 2.10 bits per heavy atom. The lowest BCUT2D eigenvalue weighted by molar-refractivity contribution is 0.0929. The normalized spacial score (nSPS) is 15.7. The van der Waals surface area contributed by atoms with Crippen LogP contribution in [0.4, 0.5) is 0 Å². The van der Waals surface area contributed by atoms with Crippen molar-refractivity contribution in [3.63, 3.8) is 0 Å². The highest BCUT2D eigenvalue weighted by Gasteiger charge is 2.25. The summed E-state index contributed by atoms with van der Waals surface area (Å²) in [4.78, 5) is 38.7. The van der Waals surface area contributed by atoms with Crippen LogP contribution in [0, 0.1) is 0 Å². The highest BCUT2D eigenvalue weighted by Crippen LogP contribution is 2.27. The van der Waals surface area contributed by atoms with Gasteiger partial charge in [-0.3, -0.25) is 14.2 Å². The van der Waals surface area contributed by atoms with Crippen LogP contribution in [0.5, 0.6) is 5.75 Å². The molecule has 30 heavy (non-hydrogen) atoms. The first kappa shape index (κ1) is 20.2. The molecule has 0 spiro atoms. The van der Waals surface area contributed by atoms with Crippen LogP contribution in [0.3, 0.4) is 0 Å². The number of carbonyl (C=O) groups excluding carboxylic acids is 1. The largest absolute Gasteiger partial charge is 0.496 e. The van der Waals surface area contributed by atoms with E-state index in [-0.39, 0.29) is 11.5 Å². The first-order valence-electron chi connectivity index (χ1n) is 9.59. The Hall–Kier alpha value is -3.07. The molecule has 0 saturated heterocycles. The van der Waals surface area contributed by atoms with Crippen molar-refractivity contribution in [2.45, 2.75) is 31.8 Å². The van der Waals surface area contributed by atoms with Crippen molar-refractivity contribution < 1.29 is 9.53 Å². The van der Waals surface area contributed by atoms with Crippen molar-refractivity contribution in [2.75, 3.05) is 7.11 Å². The standard InChI is InChI=1S/C21H20BrN5O3/c1-30-18-6-5-13(22)10-14(18)21(29)26-16-4-2-3-9-27-19(28)11-17(25-20(16)27)15-7-8-23-12-24-15/h5-8,10-12,16H,2-4,9H2,1H3,(H,26,29). The average molecular weight is 470 g/mol. The lowest BCUT2D eigenvalue weighted by Gasteiger charge is -2.20. The van der Waals surface area contributed by atoms with Crippen LogP contribution in [-0.2, 0) is 6.54 Å². The Morgan fingerprint density at radius 3 is 2.87 bits per heavy atom. The van der Waals surface area contributed by atoms with Gasteiger partial charge in [0.2, 0.25) is 0 Å². The van der Waals surface area contributed by atoms with E-state index in [1.165, 1.54) is 19.5 Å². The van der Waals surface area contributed by atoms with Gasteiger partial charge in [-0.15, -0.1) is 0 Å². The van der Waals surface area contributed by atoms with Crippen molar-refractivity contribution in [3.8, 4) is 17.1 Å². The molecule has 1 aliphatic heterocycles. The predicted octanol–water partition coefficient (Wildman–Crippen LogP) is 3.13. The van der Waals surface area contributed by atoms with Crippen LogP contribution >= 0.6 is 15.9 Å². The number of carbonyl (C=O) groups is 1. The number of methoxy groups -OCH3 is 1. The van der Waals surface area contributed by atoms with Crippen molar-refractivity contribution in [1.29, 1.82) is 0 Å². The van der Waals surface area contributed by atoms with E-state index in [0.717, 1.165) is 17.3 Å². The molecule has 2 aromatic heterocycles. The summed E-state index contributed by atoms with van der Waals surface area (Å²) in [6.45, 7) is 0.567. The first-order chi connectivity index (χ1) is 14.6. The van der Waals surface area contributed by atoms with Gasteiger partial charge in [0.05, 0.1) is 30.1 Å². The van der Waals surface area contributed by atoms with Crippen LogP contribution in [0.2, 0.25) is 0 Å². The summed E-state index contributed by atoms with van der Waals surface area (Å²) in [5.74, 6) is 0.730. The molecule has 1 aromatic carbocycles. The topological polar surface area (TPSA) is 99.0 Å². The minimum absolute atomic E-state index is 0.158. The maximum absolute atomic E-state index is 13.1. The van der Waals surface area contributed by atoms with Gasteiger partial charge in [-0.25, -0.2) is 15.0 Å². The molecule has 1 aliphatic rings. The van der Waals surface area contributed by atoms with Gasteiger partial charge in [0.25, 0.3) is 11.5 Å². The summed E-state index contributed by atoms with van der Waals surface area (Å²) in [6.07, 6.45) is 5.41. The highest BCUT2D eigenvalue weighted by atomic mass is 79.9. The maximum atomic E-state index is 13.1. The van der Waals surface area contributed by atoms with Gasteiger partial charge < -0.3 is 10.1 Å². The lowest BCUT2D eigenvalue weighted by atomic mass is 10.1. The molecule has 9 heteroatoms. The van der Waals surface area contributed by atoms with Crippen LogP contribution in [0.15, 0.2) is 52.1 Å². The second-order valence-electron chi connectivity index (χ2n) is 6.95. The molecule has 154 valence electrons. The molecule has 1 amide bonds. The van der Waals surface area contributed by atoms with Gasteiger partial charge >= 0.3 is 0 Å². The smallest absolute Gasteiger partial charge is 0.255 e. The number of halogens is 1. The number of hydrogen-bond donors (Lipinski definition) is 1. The van der Waals surface area contributed by atoms with Crippen molar-refractivity contribution in [1.82, 2.24) is 24.8 Å². The number of aromatic nitrogens is 4. The monoisotopic (exact) mass is 469 g/mol. The molecule has 0 radical (unpaired) electrons. The van der Waals surface area contributed by atoms with E-state index in [1.54, 1.807) is 29.0 Å². The SMILES string of the molecule is COc1ccc(Br)cc1C(=O)NC1CCCCn2c1nc(-c1ccncn1)cc2=O. The molecule has 3 heterocycles. The molecule has 0 saturated carbocycles. The van der Waals surface area contributed by atoms with Gasteiger partial charge in [-0.1, -0.05) is 15.9 Å². The molecular weight excluding hydrogens is 450 g/mol. The van der Waals surface area contributed by atoms with Gasteiger partial charge in [0.15, 0.2) is 0 Å². The van der Waals surface area contributed by atoms with E-state index < -0.39 is 6.04 Å². The van der Waals surface area contributed by atoms with E-state index in [4.69, 9.17) is 9.72 Å². The number of hydrogen-bond acceptors (Lipinski definition) is 6. The molecule has 1 unspecified atom stereocenters. The zero-order valence-corrected chi connectivity index (χ0v) is 17.9. The Balaban J connectivity index is 1.72. The zero-order chi connectivity index (χ0) is 21.1. The van der Waals surface area contributed by atoms with Crippen LogP contribution < -0.4 is 15.6 Å². The summed E-state index contributed by atoms with van der Waals surface area (Å²) < 4.78 is 7.75. The Bertz CT molecular complexity index is 1130. The molecule has 8 nitrogen and oxygen atoms in total. The molecule has 0 fully saturated rings. The van der Waals surface area contributed by atoms with E-state index in [2.05, 4.69) is 31.2 Å². The Labute approximate surface area is 181 Å². The fourth-order valence-electron chi connectivity index (χ4n) is 3.57. The maximum Gasteiger partial charge on any atom is 0.255 e. The molecule has 0 aliphatic carbocycles. The second kappa shape index (κ2) is 8.74. The van der Waals surface area contributed by atoms with Gasteiger partial charge in [0.1, 0.15) is 17.9 Å². The number of nitrogens with one attached hydrogen (secondary N) is 1. The van der Waals surface area contributed by atoms with Crippen molar-refractivity contribution >= 4 is 21.8 Å². The number of fused-ring (bicyclic) bond motifs is 1. The average Bonchev–Trinajstić information content (AvgIpc) is 2.97. The minimum atomic E-state index is -0.404. The van der Waals surface area contributed by atoms with Crippen molar-refractivity contribution in [3.05, 3.63) is 69.1 Å². The van der Waals surface area contributed by atoms with Gasteiger partial charge in [-0.2, -0.15) is 0 Å². The van der Waals surface area contributed by atoms with Gasteiger partial charge in [0, 0.05) is 23.3 Å².